The van der Waals surface area contributed by atoms with Crippen molar-refractivity contribution in [2.45, 2.75) is 89.9 Å². The first kappa shape index (κ1) is 30.4. The maximum atomic E-state index is 14.2. The van der Waals surface area contributed by atoms with Gasteiger partial charge in [0.25, 0.3) is 5.56 Å². The van der Waals surface area contributed by atoms with E-state index in [1.807, 2.05) is 29.9 Å². The summed E-state index contributed by atoms with van der Waals surface area (Å²) < 4.78 is 31.9. The fourth-order valence-corrected chi connectivity index (χ4v) is 7.61. The van der Waals surface area contributed by atoms with Gasteiger partial charge in [-0.05, 0) is 31.9 Å². The third-order valence-corrected chi connectivity index (χ3v) is 10.1. The smallest absolute Gasteiger partial charge is 0.262 e. The Labute approximate surface area is 239 Å². The molecule has 0 amide bonds. The molecule has 40 heavy (non-hydrogen) atoms. The molecule has 0 bridgehead atoms. The number of sulfonamides is 1. The van der Waals surface area contributed by atoms with E-state index in [4.69, 9.17) is 10.1 Å². The molecule has 0 aliphatic carbocycles. The molecule has 0 radical (unpaired) electrons. The number of hydrogen-bond acceptors (Lipinski definition) is 6. The zero-order valence-electron chi connectivity index (χ0n) is 24.6. The highest BCUT2D eigenvalue weighted by Crippen LogP contribution is 2.33. The van der Waals surface area contributed by atoms with Crippen molar-refractivity contribution in [2.24, 2.45) is 0 Å². The predicted molar refractivity (Wildman–Crippen MR) is 161 cm³/mol. The summed E-state index contributed by atoms with van der Waals surface area (Å²) in [6.45, 7) is 8.58. The third kappa shape index (κ3) is 6.66. The van der Waals surface area contributed by atoms with Crippen LogP contribution in [0.25, 0.3) is 11.0 Å². The molecule has 1 saturated heterocycles. The fourth-order valence-electron chi connectivity index (χ4n) is 5.74. The molecule has 10 heteroatoms. The zero-order valence-corrected chi connectivity index (χ0v) is 25.4. The summed E-state index contributed by atoms with van der Waals surface area (Å²) in [4.78, 5) is 23.7. The van der Waals surface area contributed by atoms with Crippen molar-refractivity contribution >= 4 is 21.1 Å². The van der Waals surface area contributed by atoms with E-state index in [2.05, 4.69) is 30.7 Å². The van der Waals surface area contributed by atoms with Crippen LogP contribution in [-0.2, 0) is 16.4 Å². The summed E-state index contributed by atoms with van der Waals surface area (Å²) in [5, 5.41) is 4.34. The second-order valence-electron chi connectivity index (χ2n) is 11.1. The average molecular weight is 571 g/mol. The van der Waals surface area contributed by atoms with Crippen molar-refractivity contribution in [3.8, 4) is 0 Å². The van der Waals surface area contributed by atoms with Gasteiger partial charge in [0.15, 0.2) is 10.9 Å². The summed E-state index contributed by atoms with van der Waals surface area (Å²) in [5.41, 5.74) is 1.52. The summed E-state index contributed by atoms with van der Waals surface area (Å²) in [5.74, 6) is 0.160. The summed E-state index contributed by atoms with van der Waals surface area (Å²) in [6, 6.07) is 9.24. The summed E-state index contributed by atoms with van der Waals surface area (Å²) in [6.07, 6.45) is 9.03. The van der Waals surface area contributed by atoms with Gasteiger partial charge in [-0.3, -0.25) is 4.79 Å². The van der Waals surface area contributed by atoms with Crippen LogP contribution in [0.1, 0.15) is 101 Å². The Morgan fingerprint density at radius 1 is 0.925 bits per heavy atom. The van der Waals surface area contributed by atoms with Gasteiger partial charge < -0.3 is 9.88 Å². The molecule has 1 aliphatic rings. The first-order valence-electron chi connectivity index (χ1n) is 15.0. The molecule has 3 aromatic rings. The number of benzene rings is 1. The number of aromatic nitrogens is 4. The molecule has 3 heterocycles. The quantitative estimate of drug-likeness (QED) is 0.272. The minimum Gasteiger partial charge on any atom is -0.308 e. The van der Waals surface area contributed by atoms with Gasteiger partial charge >= 0.3 is 0 Å². The average Bonchev–Trinajstić information content (AvgIpc) is 3.30. The van der Waals surface area contributed by atoms with Crippen LogP contribution in [0, 0.1) is 0 Å². The number of fused-ring (bicyclic) bond motifs is 1. The van der Waals surface area contributed by atoms with Gasteiger partial charge in [-0.1, -0.05) is 89.6 Å². The summed E-state index contributed by atoms with van der Waals surface area (Å²) in [7, 11) is -1.87. The van der Waals surface area contributed by atoms with E-state index in [-0.39, 0.29) is 17.4 Å². The topological polar surface area (TPSA) is 104 Å². The number of unbranched alkanes of at least 4 members (excludes halogenated alkanes) is 3. The molecule has 1 aliphatic heterocycles. The lowest BCUT2D eigenvalue weighted by Crippen LogP contribution is -2.48. The molecule has 2 atom stereocenters. The Morgan fingerprint density at radius 3 is 2.30 bits per heavy atom. The van der Waals surface area contributed by atoms with Crippen LogP contribution < -0.4 is 5.56 Å². The molecule has 1 N–H and O–H groups in total. The van der Waals surface area contributed by atoms with E-state index in [9.17, 15) is 13.2 Å². The van der Waals surface area contributed by atoms with Crippen LogP contribution in [-0.4, -0.2) is 70.6 Å². The second kappa shape index (κ2) is 13.9. The van der Waals surface area contributed by atoms with Gasteiger partial charge in [-0.25, -0.2) is 18.1 Å². The first-order chi connectivity index (χ1) is 19.3. The van der Waals surface area contributed by atoms with E-state index >= 15 is 0 Å². The standard InChI is InChI=1S/C30H46N6O3S/c1-5-8-9-13-18-24(14-6-2)36-29-26(25(33-36)15-7-3)30(37)32-28(31-29)27(23-16-11-10-12-17-23)40(38,39)35-21-19-34(4)20-22-35/h10-12,16-17,24,27H,5-9,13-15,18-22H2,1-4H3,(H,31,32,37). The minimum atomic E-state index is -3.86. The van der Waals surface area contributed by atoms with E-state index in [1.54, 1.807) is 16.4 Å². The number of nitrogens with zero attached hydrogens (tertiary/aromatic N) is 5. The lowest BCUT2D eigenvalue weighted by molar-refractivity contribution is 0.221. The predicted octanol–water partition coefficient (Wildman–Crippen LogP) is 5.05. The molecule has 9 nitrogen and oxygen atoms in total. The van der Waals surface area contributed by atoms with Crippen LogP contribution in [0.2, 0.25) is 0 Å². The molecule has 2 aromatic heterocycles. The van der Waals surface area contributed by atoms with Crippen LogP contribution in [0.3, 0.4) is 0 Å². The highest BCUT2D eigenvalue weighted by Gasteiger charge is 2.38. The van der Waals surface area contributed by atoms with Gasteiger partial charge in [0.1, 0.15) is 11.2 Å². The van der Waals surface area contributed by atoms with Crippen molar-refractivity contribution in [1.82, 2.24) is 29.0 Å². The maximum absolute atomic E-state index is 14.2. The molecule has 4 rings (SSSR count). The first-order valence-corrected chi connectivity index (χ1v) is 16.6. The molecule has 1 aromatic carbocycles. The number of piperazine rings is 1. The highest BCUT2D eigenvalue weighted by molar-refractivity contribution is 7.89. The van der Waals surface area contributed by atoms with Gasteiger partial charge in [0.05, 0.1) is 11.7 Å². The van der Waals surface area contributed by atoms with E-state index in [0.717, 1.165) is 44.2 Å². The Bertz CT molecular complexity index is 1390. The Kier molecular flexibility index (Phi) is 10.5. The lowest BCUT2D eigenvalue weighted by atomic mass is 10.0. The van der Waals surface area contributed by atoms with Crippen LogP contribution in [0.4, 0.5) is 0 Å². The number of aryl methyl sites for hydroxylation is 1. The number of likely N-dealkylation sites (N-methyl/N-ethyl adjacent to an activating group) is 1. The largest absolute Gasteiger partial charge is 0.308 e. The normalized spacial score (nSPS) is 16.9. The Morgan fingerprint density at radius 2 is 1.65 bits per heavy atom. The number of rotatable bonds is 14. The summed E-state index contributed by atoms with van der Waals surface area (Å²) >= 11 is 0. The van der Waals surface area contributed by atoms with Crippen molar-refractivity contribution in [2.75, 3.05) is 33.2 Å². The van der Waals surface area contributed by atoms with Crippen LogP contribution in [0.15, 0.2) is 35.1 Å². The molecular weight excluding hydrogens is 524 g/mol. The van der Waals surface area contributed by atoms with E-state index in [1.165, 1.54) is 12.8 Å². The van der Waals surface area contributed by atoms with Gasteiger partial charge in [-0.15, -0.1) is 0 Å². The number of aromatic amines is 1. The number of H-pyrrole nitrogens is 1. The van der Waals surface area contributed by atoms with Crippen LogP contribution >= 0.6 is 0 Å². The SMILES string of the molecule is CCCCCCC(CCC)n1nc(CCC)c2c(=O)[nH]c(C(c3ccccc3)S(=O)(=O)N3CCN(C)CC3)nc21. The molecule has 0 spiro atoms. The maximum Gasteiger partial charge on any atom is 0.262 e. The monoisotopic (exact) mass is 570 g/mol. The zero-order chi connectivity index (χ0) is 28.7. The van der Waals surface area contributed by atoms with Crippen LogP contribution in [0.5, 0.6) is 0 Å². The van der Waals surface area contributed by atoms with E-state index in [0.29, 0.717) is 49.2 Å². The molecule has 2 unspecified atom stereocenters. The van der Waals surface area contributed by atoms with Gasteiger partial charge in [0.2, 0.25) is 10.0 Å². The number of hydrogen-bond donors (Lipinski definition) is 1. The number of nitrogens with one attached hydrogen (secondary N) is 1. The van der Waals surface area contributed by atoms with E-state index < -0.39 is 15.3 Å². The molecule has 1 fully saturated rings. The highest BCUT2D eigenvalue weighted by atomic mass is 32.2. The fraction of sp³-hybridized carbons (Fsp3) is 0.633. The second-order valence-corrected chi connectivity index (χ2v) is 13.1. The van der Waals surface area contributed by atoms with Crippen molar-refractivity contribution in [1.29, 1.82) is 0 Å². The van der Waals surface area contributed by atoms with Crippen molar-refractivity contribution < 1.29 is 8.42 Å². The van der Waals surface area contributed by atoms with Crippen molar-refractivity contribution in [3.05, 3.63) is 57.8 Å². The third-order valence-electron chi connectivity index (χ3n) is 7.97. The van der Waals surface area contributed by atoms with Crippen molar-refractivity contribution in [3.63, 3.8) is 0 Å². The lowest BCUT2D eigenvalue weighted by Gasteiger charge is -2.34. The molecule has 0 saturated carbocycles. The Hall–Kier alpha value is -2.56. The molecule has 220 valence electrons. The van der Waals surface area contributed by atoms with Gasteiger partial charge in [-0.2, -0.15) is 9.40 Å². The molecular formula is C30H46N6O3S. The van der Waals surface area contributed by atoms with Gasteiger partial charge in [0, 0.05) is 26.2 Å². The Balaban J connectivity index is 1.87. The minimum absolute atomic E-state index is 0.113.